The number of amides is 1. The Hall–Kier alpha value is -0.240. The predicted molar refractivity (Wildman–Crippen MR) is 71.2 cm³/mol. The first-order valence-corrected chi connectivity index (χ1v) is 7.65. The average Bonchev–Trinajstić information content (AvgIpc) is 2.68. The Labute approximate surface area is 109 Å². The van der Waals surface area contributed by atoms with Crippen LogP contribution in [0.5, 0.6) is 0 Å². The predicted octanol–water partition coefficient (Wildman–Crippen LogP) is 3.62. The Bertz CT molecular complexity index is 243. The molecule has 0 spiro atoms. The summed E-state index contributed by atoms with van der Waals surface area (Å²) in [6, 6.07) is 0.398. The van der Waals surface area contributed by atoms with Gasteiger partial charge in [-0.2, -0.15) is 0 Å². The third-order valence-electron chi connectivity index (χ3n) is 4.27. The molecule has 3 heteroatoms. The third kappa shape index (κ3) is 3.87. The van der Waals surface area contributed by atoms with E-state index < -0.39 is 0 Å². The molecule has 2 fully saturated rings. The van der Waals surface area contributed by atoms with E-state index in [-0.39, 0.29) is 11.3 Å². The molecule has 2 saturated carbocycles. The van der Waals surface area contributed by atoms with Crippen LogP contribution < -0.4 is 5.32 Å². The molecule has 0 heterocycles. The molecule has 1 atom stereocenters. The van der Waals surface area contributed by atoms with Crippen molar-refractivity contribution in [2.75, 3.05) is 0 Å². The highest BCUT2D eigenvalue weighted by molar-refractivity contribution is 6.31. The molecule has 98 valence electrons. The van der Waals surface area contributed by atoms with Gasteiger partial charge in [-0.1, -0.05) is 38.5 Å². The highest BCUT2D eigenvalue weighted by atomic mass is 35.5. The van der Waals surface area contributed by atoms with E-state index in [9.17, 15) is 4.79 Å². The quantitative estimate of drug-likeness (QED) is 0.607. The Morgan fingerprint density at radius 1 is 0.941 bits per heavy atom. The molecular formula is C14H24ClNO. The van der Waals surface area contributed by atoms with Crippen LogP contribution in [-0.2, 0) is 4.79 Å². The van der Waals surface area contributed by atoms with Crippen LogP contribution >= 0.6 is 11.6 Å². The molecule has 1 unspecified atom stereocenters. The van der Waals surface area contributed by atoms with Gasteiger partial charge in [-0.05, 0) is 31.6 Å². The van der Waals surface area contributed by atoms with Crippen LogP contribution in [0.25, 0.3) is 0 Å². The Kier molecular flexibility index (Phi) is 5.15. The standard InChI is InChI=1S/C14H24ClNO/c15-13(11-7-3-1-2-4-8-11)14(17)16-12-9-5-6-10-12/h11-13H,1-10H2,(H,16,17). The maximum atomic E-state index is 12.1. The summed E-state index contributed by atoms with van der Waals surface area (Å²) in [5.41, 5.74) is 0. The van der Waals surface area contributed by atoms with Crippen LogP contribution in [0.4, 0.5) is 0 Å². The number of halogens is 1. The average molecular weight is 258 g/mol. The fourth-order valence-corrected chi connectivity index (χ4v) is 3.48. The van der Waals surface area contributed by atoms with Crippen molar-refractivity contribution >= 4 is 17.5 Å². The Balaban J connectivity index is 1.80. The normalized spacial score (nSPS) is 25.5. The van der Waals surface area contributed by atoms with E-state index in [0.29, 0.717) is 12.0 Å². The highest BCUT2D eigenvalue weighted by Crippen LogP contribution is 2.29. The monoisotopic (exact) mass is 257 g/mol. The van der Waals surface area contributed by atoms with Crippen molar-refractivity contribution < 1.29 is 4.79 Å². The van der Waals surface area contributed by atoms with Gasteiger partial charge in [-0.25, -0.2) is 0 Å². The van der Waals surface area contributed by atoms with E-state index in [1.165, 1.54) is 38.5 Å². The van der Waals surface area contributed by atoms with Gasteiger partial charge in [0.05, 0.1) is 0 Å². The second-order valence-corrected chi connectivity index (χ2v) is 6.11. The molecule has 0 aliphatic heterocycles. The smallest absolute Gasteiger partial charge is 0.238 e. The summed E-state index contributed by atoms with van der Waals surface area (Å²) in [5, 5.41) is 2.83. The van der Waals surface area contributed by atoms with Crippen LogP contribution in [0.1, 0.15) is 64.2 Å². The lowest BCUT2D eigenvalue weighted by Crippen LogP contribution is -2.40. The molecule has 2 rings (SSSR count). The van der Waals surface area contributed by atoms with Gasteiger partial charge in [0.25, 0.3) is 0 Å². The molecular weight excluding hydrogens is 234 g/mol. The van der Waals surface area contributed by atoms with E-state index in [1.807, 2.05) is 0 Å². The molecule has 0 saturated heterocycles. The SMILES string of the molecule is O=C(NC1CCCC1)C(Cl)C1CCCCCC1. The Morgan fingerprint density at radius 2 is 1.47 bits per heavy atom. The fourth-order valence-electron chi connectivity index (χ4n) is 3.17. The van der Waals surface area contributed by atoms with E-state index in [0.717, 1.165) is 25.7 Å². The van der Waals surface area contributed by atoms with Crippen LogP contribution in [-0.4, -0.2) is 17.3 Å². The minimum atomic E-state index is -0.298. The zero-order valence-electron chi connectivity index (χ0n) is 10.6. The molecule has 0 bridgehead atoms. The number of rotatable bonds is 3. The van der Waals surface area contributed by atoms with Crippen molar-refractivity contribution in [3.63, 3.8) is 0 Å². The topological polar surface area (TPSA) is 29.1 Å². The van der Waals surface area contributed by atoms with Gasteiger partial charge in [0.15, 0.2) is 0 Å². The fraction of sp³-hybridized carbons (Fsp3) is 0.929. The minimum Gasteiger partial charge on any atom is -0.352 e. The molecule has 0 aromatic rings. The Morgan fingerprint density at radius 3 is 2.06 bits per heavy atom. The van der Waals surface area contributed by atoms with Crippen molar-refractivity contribution in [3.8, 4) is 0 Å². The van der Waals surface area contributed by atoms with Crippen LogP contribution in [0.3, 0.4) is 0 Å². The van der Waals surface area contributed by atoms with Crippen LogP contribution in [0, 0.1) is 5.92 Å². The maximum absolute atomic E-state index is 12.1. The van der Waals surface area contributed by atoms with Crippen LogP contribution in [0.15, 0.2) is 0 Å². The summed E-state index contributed by atoms with van der Waals surface area (Å²) >= 11 is 6.35. The molecule has 2 aliphatic carbocycles. The van der Waals surface area contributed by atoms with Crippen LogP contribution in [0.2, 0.25) is 0 Å². The lowest BCUT2D eigenvalue weighted by molar-refractivity contribution is -0.122. The van der Waals surface area contributed by atoms with Gasteiger partial charge in [0.2, 0.25) is 5.91 Å². The van der Waals surface area contributed by atoms with Gasteiger partial charge >= 0.3 is 0 Å². The second kappa shape index (κ2) is 6.63. The maximum Gasteiger partial charge on any atom is 0.238 e. The lowest BCUT2D eigenvalue weighted by Gasteiger charge is -2.22. The molecule has 1 amide bonds. The summed E-state index contributed by atoms with van der Waals surface area (Å²) in [5.74, 6) is 0.492. The number of hydrogen-bond donors (Lipinski definition) is 1. The summed E-state index contributed by atoms with van der Waals surface area (Å²) in [6.45, 7) is 0. The largest absolute Gasteiger partial charge is 0.352 e. The highest BCUT2D eigenvalue weighted by Gasteiger charge is 2.28. The third-order valence-corrected chi connectivity index (χ3v) is 4.82. The zero-order chi connectivity index (χ0) is 12.1. The van der Waals surface area contributed by atoms with Gasteiger partial charge in [0.1, 0.15) is 5.38 Å². The summed E-state index contributed by atoms with van der Waals surface area (Å²) < 4.78 is 0. The summed E-state index contributed by atoms with van der Waals surface area (Å²) in [4.78, 5) is 12.1. The zero-order valence-corrected chi connectivity index (χ0v) is 11.3. The minimum absolute atomic E-state index is 0.0884. The molecule has 0 aromatic heterocycles. The lowest BCUT2D eigenvalue weighted by atomic mass is 9.95. The van der Waals surface area contributed by atoms with Gasteiger partial charge in [0, 0.05) is 6.04 Å². The van der Waals surface area contributed by atoms with Crippen molar-refractivity contribution in [1.29, 1.82) is 0 Å². The summed E-state index contributed by atoms with van der Waals surface area (Å²) in [7, 11) is 0. The van der Waals surface area contributed by atoms with E-state index >= 15 is 0 Å². The molecule has 2 nitrogen and oxygen atoms in total. The molecule has 0 aromatic carbocycles. The van der Waals surface area contributed by atoms with Crippen molar-refractivity contribution in [2.24, 2.45) is 5.92 Å². The van der Waals surface area contributed by atoms with Crippen molar-refractivity contribution in [2.45, 2.75) is 75.6 Å². The number of nitrogens with one attached hydrogen (secondary N) is 1. The first kappa shape index (κ1) is 13.2. The van der Waals surface area contributed by atoms with Crippen molar-refractivity contribution in [1.82, 2.24) is 5.32 Å². The van der Waals surface area contributed by atoms with E-state index in [4.69, 9.17) is 11.6 Å². The number of alkyl halides is 1. The van der Waals surface area contributed by atoms with E-state index in [1.54, 1.807) is 0 Å². The second-order valence-electron chi connectivity index (χ2n) is 5.64. The first-order valence-electron chi connectivity index (χ1n) is 7.22. The molecule has 0 radical (unpaired) electrons. The molecule has 1 N–H and O–H groups in total. The molecule has 2 aliphatic rings. The van der Waals surface area contributed by atoms with Crippen molar-refractivity contribution in [3.05, 3.63) is 0 Å². The van der Waals surface area contributed by atoms with Gasteiger partial charge in [-0.15, -0.1) is 11.6 Å². The van der Waals surface area contributed by atoms with E-state index in [2.05, 4.69) is 5.32 Å². The number of hydrogen-bond acceptors (Lipinski definition) is 1. The number of carbonyl (C=O) groups is 1. The van der Waals surface area contributed by atoms with Gasteiger partial charge < -0.3 is 5.32 Å². The van der Waals surface area contributed by atoms with Gasteiger partial charge in [-0.3, -0.25) is 4.79 Å². The number of carbonyl (C=O) groups excluding carboxylic acids is 1. The summed E-state index contributed by atoms with van der Waals surface area (Å²) in [6.07, 6.45) is 12.1. The molecule has 17 heavy (non-hydrogen) atoms. The first-order chi connectivity index (χ1) is 8.27.